The Balaban J connectivity index is 2.33. The molecule has 1 aliphatic carbocycles. The average Bonchev–Trinajstić information content (AvgIpc) is 2.27. The fourth-order valence-electron chi connectivity index (χ4n) is 2.60. The Hall–Kier alpha value is -1.27. The number of nitrogens with two attached hydrogens (primary N) is 1. The van der Waals surface area contributed by atoms with Crippen molar-refractivity contribution in [3.63, 3.8) is 0 Å². The number of ether oxygens (including phenoxy) is 1. The van der Waals surface area contributed by atoms with Crippen molar-refractivity contribution in [1.29, 1.82) is 0 Å². The van der Waals surface area contributed by atoms with Crippen LogP contribution in [0.3, 0.4) is 0 Å². The van der Waals surface area contributed by atoms with Crippen LogP contribution in [0, 0.1) is 0 Å². The Kier molecular flexibility index (Phi) is 3.73. The lowest BCUT2D eigenvalue weighted by molar-refractivity contribution is -0.275. The second kappa shape index (κ2) is 5.02. The summed E-state index contributed by atoms with van der Waals surface area (Å²) in [5, 5.41) is 10.6. The molecule has 6 heteroatoms. The molecule has 1 fully saturated rings. The normalized spacial score (nSPS) is 28.2. The van der Waals surface area contributed by atoms with Crippen LogP contribution in [0.4, 0.5) is 13.2 Å². The van der Waals surface area contributed by atoms with Crippen molar-refractivity contribution in [1.82, 2.24) is 0 Å². The fourth-order valence-corrected chi connectivity index (χ4v) is 2.60. The molecule has 1 aromatic rings. The summed E-state index contributed by atoms with van der Waals surface area (Å²) >= 11 is 0. The molecule has 0 heterocycles. The number of alkyl halides is 3. The predicted molar refractivity (Wildman–Crippen MR) is 63.5 cm³/mol. The molecule has 3 N–H and O–H groups in total. The van der Waals surface area contributed by atoms with Gasteiger partial charge < -0.3 is 15.6 Å². The zero-order valence-electron chi connectivity index (χ0n) is 10.3. The molecule has 2 unspecified atom stereocenters. The van der Waals surface area contributed by atoms with Crippen LogP contribution in [-0.2, 0) is 5.60 Å². The maximum atomic E-state index is 12.4. The molecule has 0 saturated heterocycles. The second-order valence-corrected chi connectivity index (χ2v) is 4.93. The Morgan fingerprint density at radius 3 is 2.63 bits per heavy atom. The molecule has 1 aromatic carbocycles. The third-order valence-electron chi connectivity index (χ3n) is 3.38. The van der Waals surface area contributed by atoms with E-state index in [0.717, 1.165) is 6.42 Å². The largest absolute Gasteiger partial charge is 0.573 e. The topological polar surface area (TPSA) is 55.5 Å². The molecule has 2 rings (SSSR count). The van der Waals surface area contributed by atoms with Gasteiger partial charge in [0.25, 0.3) is 0 Å². The van der Waals surface area contributed by atoms with E-state index in [1.165, 1.54) is 18.2 Å². The number of hydrogen-bond acceptors (Lipinski definition) is 3. The summed E-state index contributed by atoms with van der Waals surface area (Å²) in [7, 11) is 0. The van der Waals surface area contributed by atoms with Crippen LogP contribution in [0.15, 0.2) is 24.3 Å². The lowest BCUT2D eigenvalue weighted by atomic mass is 9.77. The highest BCUT2D eigenvalue weighted by molar-refractivity contribution is 5.38. The molecule has 3 nitrogen and oxygen atoms in total. The molecule has 0 amide bonds. The summed E-state index contributed by atoms with van der Waals surface area (Å²) in [6.07, 6.45) is -2.70. The van der Waals surface area contributed by atoms with E-state index in [9.17, 15) is 18.3 Å². The lowest BCUT2D eigenvalue weighted by Gasteiger charge is -2.36. The zero-order valence-corrected chi connectivity index (χ0v) is 10.3. The van der Waals surface area contributed by atoms with Gasteiger partial charge in [0.2, 0.25) is 0 Å². The smallest absolute Gasteiger partial charge is 0.405 e. The van der Waals surface area contributed by atoms with E-state index in [1.54, 1.807) is 6.07 Å². The number of aliphatic hydroxyl groups is 1. The maximum Gasteiger partial charge on any atom is 0.573 e. The minimum absolute atomic E-state index is 0.155. The van der Waals surface area contributed by atoms with Crippen LogP contribution in [0.2, 0.25) is 0 Å². The molecule has 1 aliphatic rings. The first-order valence-corrected chi connectivity index (χ1v) is 6.13. The van der Waals surface area contributed by atoms with E-state index in [-0.39, 0.29) is 23.8 Å². The van der Waals surface area contributed by atoms with Gasteiger partial charge in [-0.2, -0.15) is 0 Å². The molecular formula is C13H16F3NO2. The first-order valence-electron chi connectivity index (χ1n) is 6.13. The number of rotatable bonds is 2. The van der Waals surface area contributed by atoms with Gasteiger partial charge in [0, 0.05) is 11.6 Å². The summed E-state index contributed by atoms with van der Waals surface area (Å²) < 4.78 is 41.1. The Bertz CT molecular complexity index is 450. The number of benzene rings is 1. The molecule has 1 saturated carbocycles. The first-order chi connectivity index (χ1) is 8.80. The van der Waals surface area contributed by atoms with E-state index in [4.69, 9.17) is 5.73 Å². The van der Waals surface area contributed by atoms with Crippen LogP contribution in [-0.4, -0.2) is 17.5 Å². The zero-order chi connectivity index (χ0) is 14.1. The highest BCUT2D eigenvalue weighted by Gasteiger charge is 2.39. The Morgan fingerprint density at radius 2 is 2.00 bits per heavy atom. The molecule has 0 aliphatic heterocycles. The van der Waals surface area contributed by atoms with Crippen LogP contribution >= 0.6 is 0 Å². The van der Waals surface area contributed by atoms with Crippen LogP contribution < -0.4 is 10.5 Å². The van der Waals surface area contributed by atoms with Crippen molar-refractivity contribution in [3.05, 3.63) is 29.8 Å². The van der Waals surface area contributed by atoms with E-state index in [2.05, 4.69) is 4.74 Å². The predicted octanol–water partition coefficient (Wildman–Crippen LogP) is 2.67. The monoisotopic (exact) mass is 275 g/mol. The summed E-state index contributed by atoms with van der Waals surface area (Å²) in [5.41, 5.74) is 4.61. The summed E-state index contributed by atoms with van der Waals surface area (Å²) in [4.78, 5) is 0. The summed E-state index contributed by atoms with van der Waals surface area (Å²) in [6, 6.07) is 5.48. The van der Waals surface area contributed by atoms with Gasteiger partial charge in [-0.1, -0.05) is 18.2 Å². The third kappa shape index (κ3) is 3.39. The molecule has 2 atom stereocenters. The van der Waals surface area contributed by atoms with Gasteiger partial charge in [0.1, 0.15) is 5.75 Å². The number of hydrogen-bond donors (Lipinski definition) is 2. The van der Waals surface area contributed by atoms with Gasteiger partial charge >= 0.3 is 6.36 Å². The molecule has 106 valence electrons. The molecule has 19 heavy (non-hydrogen) atoms. The van der Waals surface area contributed by atoms with Gasteiger partial charge in [-0.15, -0.1) is 13.2 Å². The maximum absolute atomic E-state index is 12.4. The molecule has 0 spiro atoms. The molecular weight excluding hydrogens is 259 g/mol. The van der Waals surface area contributed by atoms with E-state index < -0.39 is 12.0 Å². The van der Waals surface area contributed by atoms with Gasteiger partial charge in [-0.25, -0.2) is 0 Å². The standard InChI is InChI=1S/C13H16F3NO2/c14-13(15,16)19-11-6-2-1-5-10(11)12(18)7-3-4-9(17)8-12/h1-2,5-6,9,18H,3-4,7-8,17H2. The summed E-state index contributed by atoms with van der Waals surface area (Å²) in [6.45, 7) is 0. The first kappa shape index (κ1) is 14.1. The van der Waals surface area contributed by atoms with Crippen molar-refractivity contribution in [2.45, 2.75) is 43.7 Å². The minimum Gasteiger partial charge on any atom is -0.405 e. The molecule has 0 radical (unpaired) electrons. The number of halogens is 3. The average molecular weight is 275 g/mol. The highest BCUT2D eigenvalue weighted by atomic mass is 19.4. The van der Waals surface area contributed by atoms with Crippen molar-refractivity contribution < 1.29 is 23.0 Å². The van der Waals surface area contributed by atoms with Gasteiger partial charge in [0.05, 0.1) is 5.60 Å². The van der Waals surface area contributed by atoms with Crippen LogP contribution in [0.5, 0.6) is 5.75 Å². The summed E-state index contributed by atoms with van der Waals surface area (Å²) in [5.74, 6) is -0.355. The Labute approximate surface area is 109 Å². The SMILES string of the molecule is NC1CCCC(O)(c2ccccc2OC(F)(F)F)C1. The quantitative estimate of drug-likeness (QED) is 0.872. The van der Waals surface area contributed by atoms with E-state index in [1.807, 2.05) is 0 Å². The van der Waals surface area contributed by atoms with Crippen molar-refractivity contribution in [2.75, 3.05) is 0 Å². The number of para-hydroxylation sites is 1. The van der Waals surface area contributed by atoms with E-state index >= 15 is 0 Å². The van der Waals surface area contributed by atoms with Crippen molar-refractivity contribution in [2.24, 2.45) is 5.73 Å². The fraction of sp³-hybridized carbons (Fsp3) is 0.538. The van der Waals surface area contributed by atoms with Gasteiger partial charge in [-0.05, 0) is 31.7 Å². The molecule has 0 bridgehead atoms. The van der Waals surface area contributed by atoms with Crippen LogP contribution in [0.25, 0.3) is 0 Å². The molecule has 0 aromatic heterocycles. The minimum atomic E-state index is -4.77. The highest BCUT2D eigenvalue weighted by Crippen LogP contribution is 2.41. The van der Waals surface area contributed by atoms with Gasteiger partial charge in [-0.3, -0.25) is 0 Å². The van der Waals surface area contributed by atoms with Crippen molar-refractivity contribution >= 4 is 0 Å². The second-order valence-electron chi connectivity index (χ2n) is 4.93. The van der Waals surface area contributed by atoms with Crippen LogP contribution in [0.1, 0.15) is 31.2 Å². The Morgan fingerprint density at radius 1 is 1.32 bits per heavy atom. The lowest BCUT2D eigenvalue weighted by Crippen LogP contribution is -2.39. The van der Waals surface area contributed by atoms with E-state index in [0.29, 0.717) is 12.8 Å². The third-order valence-corrected chi connectivity index (χ3v) is 3.38. The van der Waals surface area contributed by atoms with Crippen molar-refractivity contribution in [3.8, 4) is 5.75 Å². The van der Waals surface area contributed by atoms with Gasteiger partial charge in [0.15, 0.2) is 0 Å².